The molecule has 0 radical (unpaired) electrons. The van der Waals surface area contributed by atoms with Crippen molar-refractivity contribution >= 4 is 44.9 Å². The normalized spacial score (nSPS) is 11.8. The highest BCUT2D eigenvalue weighted by Gasteiger charge is 2.20. The molecule has 0 aromatic heterocycles. The van der Waals surface area contributed by atoms with Gasteiger partial charge in [0.25, 0.3) is 0 Å². The standard InChI is InChI=1S/C21H24BrN3O3/c1-13-10-17(22)8-9-19(13)24-20(27)12-25(4)14(2)21(28)23-18-7-5-6-16(11-18)15(3)26/h5-11,14H,12H2,1-4H3,(H,23,28)(H,24,27). The number of likely N-dealkylation sites (N-methyl/N-ethyl adjacent to an activating group) is 1. The van der Waals surface area contributed by atoms with Gasteiger partial charge in [0.1, 0.15) is 0 Å². The highest BCUT2D eigenvalue weighted by atomic mass is 79.9. The zero-order valence-corrected chi connectivity index (χ0v) is 18.0. The van der Waals surface area contributed by atoms with Crippen LogP contribution < -0.4 is 10.6 Å². The number of rotatable bonds is 7. The average molecular weight is 446 g/mol. The summed E-state index contributed by atoms with van der Waals surface area (Å²) in [6.45, 7) is 5.18. The summed E-state index contributed by atoms with van der Waals surface area (Å²) >= 11 is 3.39. The molecular weight excluding hydrogens is 422 g/mol. The van der Waals surface area contributed by atoms with Crippen LogP contribution in [0.2, 0.25) is 0 Å². The fourth-order valence-corrected chi connectivity index (χ4v) is 3.06. The van der Waals surface area contributed by atoms with E-state index in [1.807, 2.05) is 25.1 Å². The van der Waals surface area contributed by atoms with Crippen LogP contribution in [-0.4, -0.2) is 42.1 Å². The summed E-state index contributed by atoms with van der Waals surface area (Å²) in [5.74, 6) is -0.525. The Morgan fingerprint density at radius 2 is 1.82 bits per heavy atom. The number of Topliss-reactive ketones (excluding diaryl/α,β-unsaturated/α-hetero) is 1. The molecule has 0 saturated carbocycles. The third-order valence-electron chi connectivity index (χ3n) is 4.43. The van der Waals surface area contributed by atoms with E-state index < -0.39 is 6.04 Å². The van der Waals surface area contributed by atoms with Gasteiger partial charge in [-0.1, -0.05) is 28.1 Å². The summed E-state index contributed by atoms with van der Waals surface area (Å²) in [5.41, 5.74) is 2.76. The van der Waals surface area contributed by atoms with Crippen molar-refractivity contribution in [3.63, 3.8) is 0 Å². The maximum absolute atomic E-state index is 12.5. The molecule has 2 aromatic carbocycles. The minimum absolute atomic E-state index is 0.0670. The second-order valence-corrected chi connectivity index (χ2v) is 7.64. The van der Waals surface area contributed by atoms with E-state index in [4.69, 9.17) is 0 Å². The van der Waals surface area contributed by atoms with Gasteiger partial charge < -0.3 is 10.6 Å². The molecule has 2 aromatic rings. The molecule has 0 heterocycles. The van der Waals surface area contributed by atoms with Gasteiger partial charge in [0, 0.05) is 21.4 Å². The largest absolute Gasteiger partial charge is 0.325 e. The fourth-order valence-electron chi connectivity index (χ4n) is 2.58. The van der Waals surface area contributed by atoms with E-state index >= 15 is 0 Å². The molecule has 0 aliphatic carbocycles. The third-order valence-corrected chi connectivity index (χ3v) is 4.93. The quantitative estimate of drug-likeness (QED) is 0.634. The molecule has 148 valence electrons. The number of benzene rings is 2. The first-order chi connectivity index (χ1) is 13.2. The molecule has 2 amide bonds. The Morgan fingerprint density at radius 3 is 2.46 bits per heavy atom. The lowest BCUT2D eigenvalue weighted by Gasteiger charge is -2.23. The number of hydrogen-bond acceptors (Lipinski definition) is 4. The maximum atomic E-state index is 12.5. The summed E-state index contributed by atoms with van der Waals surface area (Å²) in [6, 6.07) is 11.8. The molecular formula is C21H24BrN3O3. The zero-order valence-electron chi connectivity index (χ0n) is 16.4. The van der Waals surface area contributed by atoms with Crippen molar-refractivity contribution < 1.29 is 14.4 Å². The molecule has 2 N–H and O–H groups in total. The summed E-state index contributed by atoms with van der Waals surface area (Å²) in [6.07, 6.45) is 0. The number of ketones is 1. The van der Waals surface area contributed by atoms with Gasteiger partial charge in [0.2, 0.25) is 11.8 Å². The van der Waals surface area contributed by atoms with Crippen molar-refractivity contribution in [2.45, 2.75) is 26.8 Å². The number of carbonyl (C=O) groups excluding carboxylic acids is 3. The molecule has 2 rings (SSSR count). The SMILES string of the molecule is CC(=O)c1cccc(NC(=O)C(C)N(C)CC(=O)Nc2ccc(Br)cc2C)c1. The minimum Gasteiger partial charge on any atom is -0.325 e. The van der Waals surface area contributed by atoms with E-state index in [1.54, 1.807) is 43.1 Å². The monoisotopic (exact) mass is 445 g/mol. The first kappa shape index (κ1) is 21.8. The number of hydrogen-bond donors (Lipinski definition) is 2. The van der Waals surface area contributed by atoms with Gasteiger partial charge >= 0.3 is 0 Å². The molecule has 0 aliphatic heterocycles. The smallest absolute Gasteiger partial charge is 0.241 e. The van der Waals surface area contributed by atoms with Crippen LogP contribution in [0.25, 0.3) is 0 Å². The van der Waals surface area contributed by atoms with Crippen molar-refractivity contribution in [2.75, 3.05) is 24.2 Å². The number of carbonyl (C=O) groups is 3. The van der Waals surface area contributed by atoms with Crippen molar-refractivity contribution in [1.29, 1.82) is 0 Å². The van der Waals surface area contributed by atoms with Crippen LogP contribution in [0.4, 0.5) is 11.4 Å². The van der Waals surface area contributed by atoms with Gasteiger partial charge in [0.15, 0.2) is 5.78 Å². The number of nitrogens with zero attached hydrogens (tertiary/aromatic N) is 1. The van der Waals surface area contributed by atoms with Gasteiger partial charge in [0.05, 0.1) is 12.6 Å². The molecule has 0 fully saturated rings. The van der Waals surface area contributed by atoms with Crippen molar-refractivity contribution in [3.8, 4) is 0 Å². The molecule has 1 unspecified atom stereocenters. The Morgan fingerprint density at radius 1 is 1.11 bits per heavy atom. The van der Waals surface area contributed by atoms with E-state index in [9.17, 15) is 14.4 Å². The Labute approximate surface area is 173 Å². The third kappa shape index (κ3) is 6.00. The zero-order chi connectivity index (χ0) is 20.8. The van der Waals surface area contributed by atoms with E-state index in [-0.39, 0.29) is 24.1 Å². The topological polar surface area (TPSA) is 78.5 Å². The molecule has 6 nitrogen and oxygen atoms in total. The van der Waals surface area contributed by atoms with Gasteiger partial charge in [-0.2, -0.15) is 0 Å². The molecule has 1 atom stereocenters. The number of anilines is 2. The molecule has 0 bridgehead atoms. The minimum atomic E-state index is -0.530. The number of aryl methyl sites for hydroxylation is 1. The van der Waals surface area contributed by atoms with E-state index in [0.717, 1.165) is 15.7 Å². The second-order valence-electron chi connectivity index (χ2n) is 6.72. The summed E-state index contributed by atoms with van der Waals surface area (Å²) in [7, 11) is 1.71. The summed E-state index contributed by atoms with van der Waals surface area (Å²) in [5, 5.41) is 5.65. The number of amides is 2. The predicted molar refractivity (Wildman–Crippen MR) is 115 cm³/mol. The van der Waals surface area contributed by atoms with Crippen LogP contribution in [0.5, 0.6) is 0 Å². The highest BCUT2D eigenvalue weighted by Crippen LogP contribution is 2.20. The summed E-state index contributed by atoms with van der Waals surface area (Å²) in [4.78, 5) is 38.0. The lowest BCUT2D eigenvalue weighted by atomic mass is 10.1. The van der Waals surface area contributed by atoms with Gasteiger partial charge in [-0.25, -0.2) is 0 Å². The molecule has 7 heteroatoms. The van der Waals surface area contributed by atoms with Crippen LogP contribution in [0.15, 0.2) is 46.9 Å². The number of nitrogens with one attached hydrogen (secondary N) is 2. The van der Waals surface area contributed by atoms with Gasteiger partial charge in [-0.05, 0) is 63.7 Å². The van der Waals surface area contributed by atoms with Crippen LogP contribution in [-0.2, 0) is 9.59 Å². The Balaban J connectivity index is 1.94. The Hall–Kier alpha value is -2.51. The average Bonchev–Trinajstić information content (AvgIpc) is 2.63. The van der Waals surface area contributed by atoms with Crippen molar-refractivity contribution in [1.82, 2.24) is 4.90 Å². The summed E-state index contributed by atoms with van der Waals surface area (Å²) < 4.78 is 0.944. The Bertz CT molecular complexity index is 898. The molecule has 0 spiro atoms. The first-order valence-electron chi connectivity index (χ1n) is 8.85. The second kappa shape index (κ2) is 9.61. The van der Waals surface area contributed by atoms with Gasteiger partial charge in [-0.3, -0.25) is 19.3 Å². The van der Waals surface area contributed by atoms with E-state index in [0.29, 0.717) is 11.3 Å². The Kier molecular flexibility index (Phi) is 7.48. The number of halogens is 1. The van der Waals surface area contributed by atoms with Crippen LogP contribution in [0, 0.1) is 6.92 Å². The van der Waals surface area contributed by atoms with Crippen LogP contribution in [0.3, 0.4) is 0 Å². The van der Waals surface area contributed by atoms with E-state index in [2.05, 4.69) is 26.6 Å². The van der Waals surface area contributed by atoms with Crippen molar-refractivity contribution in [3.05, 3.63) is 58.1 Å². The van der Waals surface area contributed by atoms with Crippen LogP contribution >= 0.6 is 15.9 Å². The molecule has 0 aliphatic rings. The van der Waals surface area contributed by atoms with E-state index in [1.165, 1.54) is 6.92 Å². The van der Waals surface area contributed by atoms with Crippen molar-refractivity contribution in [2.24, 2.45) is 0 Å². The van der Waals surface area contributed by atoms with Crippen LogP contribution in [0.1, 0.15) is 29.8 Å². The molecule has 0 saturated heterocycles. The first-order valence-corrected chi connectivity index (χ1v) is 9.64. The lowest BCUT2D eigenvalue weighted by molar-refractivity contribution is -0.122. The lowest BCUT2D eigenvalue weighted by Crippen LogP contribution is -2.43. The molecule has 28 heavy (non-hydrogen) atoms. The highest BCUT2D eigenvalue weighted by molar-refractivity contribution is 9.10. The predicted octanol–water partition coefficient (Wildman–Crippen LogP) is 3.86. The maximum Gasteiger partial charge on any atom is 0.241 e. The van der Waals surface area contributed by atoms with Gasteiger partial charge in [-0.15, -0.1) is 0 Å². The fraction of sp³-hybridized carbons (Fsp3) is 0.286.